The lowest BCUT2D eigenvalue weighted by Crippen LogP contribution is -2.40. The van der Waals surface area contributed by atoms with Crippen molar-refractivity contribution in [3.63, 3.8) is 0 Å². The Balaban J connectivity index is 0.00000312. The molecule has 0 bridgehead atoms. The molecule has 0 aliphatic carbocycles. The van der Waals surface area contributed by atoms with Gasteiger partial charge in [-0.05, 0) is 37.1 Å². The van der Waals surface area contributed by atoms with Crippen molar-refractivity contribution in [1.82, 2.24) is 15.5 Å². The standard InChI is InChI=1S/C19H31N3O2.2ClH/c1-3-5-9-22(4-2)14-16-8-6-7-15(10-16)12-21-19(24)18-11-17(23)13-20-18;;/h6-8,10,17-18,20,23H,3-5,9,11-14H2,1-2H3,(H,21,24);2*1H. The van der Waals surface area contributed by atoms with Crippen LogP contribution < -0.4 is 10.6 Å². The third-order valence-corrected chi connectivity index (χ3v) is 4.56. The van der Waals surface area contributed by atoms with E-state index in [0.29, 0.717) is 19.5 Å². The van der Waals surface area contributed by atoms with Gasteiger partial charge in [0.25, 0.3) is 0 Å². The van der Waals surface area contributed by atoms with E-state index in [0.717, 1.165) is 25.2 Å². The van der Waals surface area contributed by atoms with Crippen LogP contribution in [0.1, 0.15) is 44.2 Å². The van der Waals surface area contributed by atoms with Crippen LogP contribution in [0.3, 0.4) is 0 Å². The highest BCUT2D eigenvalue weighted by atomic mass is 35.5. The molecular weight excluding hydrogens is 373 g/mol. The summed E-state index contributed by atoms with van der Waals surface area (Å²) in [5.41, 5.74) is 2.40. The van der Waals surface area contributed by atoms with Crippen molar-refractivity contribution in [3.05, 3.63) is 35.4 Å². The van der Waals surface area contributed by atoms with Crippen LogP contribution in [0.2, 0.25) is 0 Å². The molecule has 1 fully saturated rings. The first-order valence-corrected chi connectivity index (χ1v) is 9.11. The molecule has 1 aliphatic heterocycles. The molecule has 2 unspecified atom stereocenters. The van der Waals surface area contributed by atoms with E-state index in [2.05, 4.69) is 47.6 Å². The van der Waals surface area contributed by atoms with Crippen molar-refractivity contribution in [2.75, 3.05) is 19.6 Å². The summed E-state index contributed by atoms with van der Waals surface area (Å²) >= 11 is 0. The first-order chi connectivity index (χ1) is 11.6. The zero-order chi connectivity index (χ0) is 17.4. The van der Waals surface area contributed by atoms with E-state index in [9.17, 15) is 9.90 Å². The minimum absolute atomic E-state index is 0. The lowest BCUT2D eigenvalue weighted by molar-refractivity contribution is -0.123. The number of hydrogen-bond acceptors (Lipinski definition) is 4. The van der Waals surface area contributed by atoms with Gasteiger partial charge in [0, 0.05) is 19.6 Å². The topological polar surface area (TPSA) is 64.6 Å². The number of nitrogens with one attached hydrogen (secondary N) is 2. The Kier molecular flexibility index (Phi) is 12.9. The molecule has 5 nitrogen and oxygen atoms in total. The van der Waals surface area contributed by atoms with Gasteiger partial charge in [0.1, 0.15) is 0 Å². The molecule has 26 heavy (non-hydrogen) atoms. The maximum atomic E-state index is 12.1. The molecule has 1 heterocycles. The molecule has 0 radical (unpaired) electrons. The second kappa shape index (κ2) is 13.3. The summed E-state index contributed by atoms with van der Waals surface area (Å²) in [7, 11) is 0. The summed E-state index contributed by atoms with van der Waals surface area (Å²) in [5.74, 6) is -0.0323. The number of hydrogen-bond donors (Lipinski definition) is 3. The monoisotopic (exact) mass is 405 g/mol. The van der Waals surface area contributed by atoms with Crippen molar-refractivity contribution in [3.8, 4) is 0 Å². The SMILES string of the molecule is CCCCN(CC)Cc1cccc(CNC(=O)C2CC(O)CN2)c1.Cl.Cl. The maximum absolute atomic E-state index is 12.1. The normalized spacial score (nSPS) is 18.9. The average Bonchev–Trinajstić information content (AvgIpc) is 3.03. The fourth-order valence-electron chi connectivity index (χ4n) is 3.06. The second-order valence-corrected chi connectivity index (χ2v) is 6.61. The van der Waals surface area contributed by atoms with Crippen LogP contribution in [-0.4, -0.2) is 47.7 Å². The number of halogens is 2. The number of rotatable bonds is 9. The minimum Gasteiger partial charge on any atom is -0.392 e. The molecule has 0 aromatic heterocycles. The predicted octanol–water partition coefficient (Wildman–Crippen LogP) is 2.49. The average molecular weight is 406 g/mol. The van der Waals surface area contributed by atoms with Gasteiger partial charge in [-0.3, -0.25) is 9.69 Å². The third kappa shape index (κ3) is 8.23. The van der Waals surface area contributed by atoms with E-state index in [-0.39, 0.29) is 36.8 Å². The third-order valence-electron chi connectivity index (χ3n) is 4.56. The first-order valence-electron chi connectivity index (χ1n) is 9.11. The van der Waals surface area contributed by atoms with Crippen LogP contribution in [-0.2, 0) is 17.9 Å². The summed E-state index contributed by atoms with van der Waals surface area (Å²) in [6, 6.07) is 8.15. The summed E-state index contributed by atoms with van der Waals surface area (Å²) in [5, 5.41) is 15.5. The number of carbonyl (C=O) groups is 1. The molecule has 1 aliphatic rings. The second-order valence-electron chi connectivity index (χ2n) is 6.61. The van der Waals surface area contributed by atoms with Crippen LogP contribution in [0.5, 0.6) is 0 Å². The van der Waals surface area contributed by atoms with E-state index in [1.54, 1.807) is 0 Å². The fraction of sp³-hybridized carbons (Fsp3) is 0.632. The minimum atomic E-state index is -0.410. The number of aliphatic hydroxyl groups excluding tert-OH is 1. The first kappa shape index (κ1) is 25.1. The highest BCUT2D eigenvalue weighted by molar-refractivity contribution is 5.85. The molecule has 0 spiro atoms. The molecular formula is C19H33Cl2N3O2. The Morgan fingerprint density at radius 2 is 2.04 bits per heavy atom. The number of carbonyl (C=O) groups excluding carboxylic acids is 1. The molecule has 1 saturated heterocycles. The van der Waals surface area contributed by atoms with Crippen molar-refractivity contribution < 1.29 is 9.90 Å². The molecule has 150 valence electrons. The number of aliphatic hydroxyl groups is 1. The smallest absolute Gasteiger partial charge is 0.237 e. The molecule has 1 amide bonds. The number of amides is 1. The van der Waals surface area contributed by atoms with Gasteiger partial charge in [-0.15, -0.1) is 24.8 Å². The van der Waals surface area contributed by atoms with Gasteiger partial charge in [0.05, 0.1) is 12.1 Å². The molecule has 1 aromatic rings. The Hall–Kier alpha value is -0.850. The van der Waals surface area contributed by atoms with Gasteiger partial charge in [-0.2, -0.15) is 0 Å². The zero-order valence-electron chi connectivity index (χ0n) is 15.7. The predicted molar refractivity (Wildman–Crippen MR) is 111 cm³/mol. The van der Waals surface area contributed by atoms with Crippen LogP contribution in [0.4, 0.5) is 0 Å². The Labute approximate surface area is 169 Å². The zero-order valence-corrected chi connectivity index (χ0v) is 17.4. The quantitative estimate of drug-likeness (QED) is 0.590. The van der Waals surface area contributed by atoms with Crippen molar-refractivity contribution in [2.45, 2.75) is 58.3 Å². The molecule has 7 heteroatoms. The van der Waals surface area contributed by atoms with E-state index in [1.807, 2.05) is 6.07 Å². The Morgan fingerprint density at radius 3 is 2.65 bits per heavy atom. The maximum Gasteiger partial charge on any atom is 0.237 e. The largest absolute Gasteiger partial charge is 0.392 e. The molecule has 1 aromatic carbocycles. The highest BCUT2D eigenvalue weighted by Gasteiger charge is 2.27. The van der Waals surface area contributed by atoms with E-state index >= 15 is 0 Å². The summed E-state index contributed by atoms with van der Waals surface area (Å²) in [4.78, 5) is 14.5. The van der Waals surface area contributed by atoms with Crippen LogP contribution in [0.25, 0.3) is 0 Å². The fourth-order valence-corrected chi connectivity index (χ4v) is 3.06. The van der Waals surface area contributed by atoms with Gasteiger partial charge >= 0.3 is 0 Å². The summed E-state index contributed by atoms with van der Waals surface area (Å²) in [6.07, 6.45) is 2.53. The van der Waals surface area contributed by atoms with E-state index in [1.165, 1.54) is 18.4 Å². The van der Waals surface area contributed by atoms with Gasteiger partial charge in [-0.25, -0.2) is 0 Å². The van der Waals surface area contributed by atoms with E-state index < -0.39 is 6.10 Å². The lowest BCUT2D eigenvalue weighted by atomic mass is 10.1. The van der Waals surface area contributed by atoms with Crippen molar-refractivity contribution in [1.29, 1.82) is 0 Å². The number of β-amino-alcohol motifs (C(OH)–C–C–N with tert-alkyl or cyclic N) is 1. The Morgan fingerprint density at radius 1 is 1.31 bits per heavy atom. The molecule has 2 rings (SSSR count). The lowest BCUT2D eigenvalue weighted by Gasteiger charge is -2.20. The molecule has 2 atom stereocenters. The number of nitrogens with zero attached hydrogens (tertiary/aromatic N) is 1. The van der Waals surface area contributed by atoms with Gasteiger partial charge in [0.15, 0.2) is 0 Å². The van der Waals surface area contributed by atoms with E-state index in [4.69, 9.17) is 0 Å². The number of benzene rings is 1. The van der Waals surface area contributed by atoms with Crippen molar-refractivity contribution in [2.24, 2.45) is 0 Å². The van der Waals surface area contributed by atoms with Gasteiger partial charge < -0.3 is 15.7 Å². The Bertz CT molecular complexity index is 531. The number of unbranched alkanes of at least 4 members (excludes halogenated alkanes) is 1. The van der Waals surface area contributed by atoms with Crippen LogP contribution in [0.15, 0.2) is 24.3 Å². The molecule has 0 saturated carbocycles. The highest BCUT2D eigenvalue weighted by Crippen LogP contribution is 2.10. The van der Waals surface area contributed by atoms with Crippen LogP contribution in [0, 0.1) is 0 Å². The van der Waals surface area contributed by atoms with Gasteiger partial charge in [-0.1, -0.05) is 44.5 Å². The molecule has 3 N–H and O–H groups in total. The summed E-state index contributed by atoms with van der Waals surface area (Å²) < 4.78 is 0. The van der Waals surface area contributed by atoms with Crippen molar-refractivity contribution >= 4 is 30.7 Å². The summed E-state index contributed by atoms with van der Waals surface area (Å²) in [6.45, 7) is 8.58. The van der Waals surface area contributed by atoms with Crippen LogP contribution >= 0.6 is 24.8 Å². The van der Waals surface area contributed by atoms with Gasteiger partial charge in [0.2, 0.25) is 5.91 Å².